The molecule has 25 heavy (non-hydrogen) atoms. The minimum absolute atomic E-state index is 0.270. The second kappa shape index (κ2) is 8.81. The summed E-state index contributed by atoms with van der Waals surface area (Å²) in [5.74, 6) is 0.286. The average Bonchev–Trinajstić information content (AvgIpc) is 3.05. The summed E-state index contributed by atoms with van der Waals surface area (Å²) >= 11 is 0. The van der Waals surface area contributed by atoms with Gasteiger partial charge in [0.15, 0.2) is 0 Å². The summed E-state index contributed by atoms with van der Waals surface area (Å²) in [5.41, 5.74) is 1.34. The van der Waals surface area contributed by atoms with E-state index in [-0.39, 0.29) is 11.9 Å². The third kappa shape index (κ3) is 5.16. The highest BCUT2D eigenvalue weighted by Gasteiger charge is 2.24. The molecule has 134 valence electrons. The van der Waals surface area contributed by atoms with E-state index < -0.39 is 0 Å². The lowest BCUT2D eigenvalue weighted by Gasteiger charge is -2.29. The van der Waals surface area contributed by atoms with Crippen molar-refractivity contribution in [3.8, 4) is 0 Å². The molecule has 2 aromatic rings. The lowest BCUT2D eigenvalue weighted by molar-refractivity contribution is -0.133. The van der Waals surface area contributed by atoms with Crippen LogP contribution in [-0.2, 0) is 17.9 Å². The van der Waals surface area contributed by atoms with Gasteiger partial charge >= 0.3 is 0 Å². The van der Waals surface area contributed by atoms with E-state index in [1.165, 1.54) is 5.56 Å². The van der Waals surface area contributed by atoms with Gasteiger partial charge in [-0.25, -0.2) is 4.98 Å². The molecule has 1 amide bonds. The fourth-order valence-electron chi connectivity index (χ4n) is 3.58. The molecule has 1 aromatic carbocycles. The average molecular weight is 340 g/mol. The summed E-state index contributed by atoms with van der Waals surface area (Å²) in [6.07, 6.45) is 8.05. The Morgan fingerprint density at radius 2 is 2.08 bits per heavy atom. The molecule has 0 N–H and O–H groups in total. The van der Waals surface area contributed by atoms with Gasteiger partial charge in [-0.3, -0.25) is 9.69 Å². The first-order valence-corrected chi connectivity index (χ1v) is 9.24. The maximum Gasteiger partial charge on any atom is 0.222 e. The van der Waals surface area contributed by atoms with Gasteiger partial charge in [0.25, 0.3) is 0 Å². The number of carbonyl (C=O) groups is 1. The zero-order valence-electron chi connectivity index (χ0n) is 15.1. The maximum atomic E-state index is 12.6. The normalized spacial score (nSPS) is 18.9. The van der Waals surface area contributed by atoms with E-state index in [9.17, 15) is 4.79 Å². The van der Waals surface area contributed by atoms with Crippen LogP contribution in [0.2, 0.25) is 0 Å². The van der Waals surface area contributed by atoms with E-state index in [1.807, 2.05) is 10.8 Å². The number of amides is 1. The van der Waals surface area contributed by atoms with Crippen LogP contribution in [0.25, 0.3) is 0 Å². The van der Waals surface area contributed by atoms with Crippen molar-refractivity contribution in [2.75, 3.05) is 19.6 Å². The molecule has 2 heterocycles. The van der Waals surface area contributed by atoms with E-state index in [1.54, 1.807) is 12.5 Å². The zero-order valence-corrected chi connectivity index (χ0v) is 15.1. The van der Waals surface area contributed by atoms with Crippen LogP contribution in [-0.4, -0.2) is 50.9 Å². The number of rotatable bonds is 6. The Morgan fingerprint density at radius 1 is 1.24 bits per heavy atom. The van der Waals surface area contributed by atoms with Crippen LogP contribution in [0.5, 0.6) is 0 Å². The van der Waals surface area contributed by atoms with Crippen LogP contribution in [0, 0.1) is 0 Å². The molecule has 0 saturated carbocycles. The minimum atomic E-state index is 0.270. The number of aryl methyl sites for hydroxylation is 1. The summed E-state index contributed by atoms with van der Waals surface area (Å²) in [6.45, 7) is 6.87. The van der Waals surface area contributed by atoms with Gasteiger partial charge in [-0.2, -0.15) is 0 Å². The number of benzene rings is 1. The third-order valence-corrected chi connectivity index (χ3v) is 4.86. The van der Waals surface area contributed by atoms with Crippen LogP contribution in [0.4, 0.5) is 0 Å². The molecule has 1 fully saturated rings. The molecular formula is C20H28N4O. The number of nitrogens with zero attached hydrogens (tertiary/aromatic N) is 4. The number of hydrogen-bond donors (Lipinski definition) is 0. The van der Waals surface area contributed by atoms with E-state index in [0.29, 0.717) is 6.42 Å². The molecule has 0 spiro atoms. The minimum Gasteiger partial charge on any atom is -0.339 e. The van der Waals surface area contributed by atoms with Crippen molar-refractivity contribution in [3.05, 3.63) is 54.6 Å². The van der Waals surface area contributed by atoms with Crippen molar-refractivity contribution in [1.29, 1.82) is 0 Å². The van der Waals surface area contributed by atoms with E-state index in [4.69, 9.17) is 0 Å². The second-order valence-corrected chi connectivity index (χ2v) is 6.91. The first-order chi connectivity index (χ1) is 12.2. The molecule has 1 atom stereocenters. The largest absolute Gasteiger partial charge is 0.339 e. The number of aromatic nitrogens is 2. The van der Waals surface area contributed by atoms with Gasteiger partial charge in [-0.15, -0.1) is 0 Å². The van der Waals surface area contributed by atoms with Crippen molar-refractivity contribution >= 4 is 5.91 Å². The molecule has 0 bridgehead atoms. The van der Waals surface area contributed by atoms with Gasteiger partial charge in [-0.1, -0.05) is 30.3 Å². The second-order valence-electron chi connectivity index (χ2n) is 6.91. The van der Waals surface area contributed by atoms with Crippen LogP contribution in [0.1, 0.15) is 31.7 Å². The van der Waals surface area contributed by atoms with Crippen molar-refractivity contribution in [1.82, 2.24) is 19.4 Å². The fraction of sp³-hybridized carbons (Fsp3) is 0.500. The summed E-state index contributed by atoms with van der Waals surface area (Å²) < 4.78 is 2.03. The Morgan fingerprint density at radius 3 is 2.84 bits per heavy atom. The SMILES string of the molecule is CC1CN(Cc2ccccc2)CCCN1C(=O)CCCn1ccnc1. The van der Waals surface area contributed by atoms with Crippen molar-refractivity contribution < 1.29 is 4.79 Å². The number of carbonyl (C=O) groups excluding carboxylic acids is 1. The van der Waals surface area contributed by atoms with E-state index in [2.05, 4.69) is 52.0 Å². The van der Waals surface area contributed by atoms with Crippen molar-refractivity contribution in [3.63, 3.8) is 0 Å². The molecule has 1 unspecified atom stereocenters. The Labute approximate surface area is 150 Å². The molecule has 3 rings (SSSR count). The summed E-state index contributed by atoms with van der Waals surface area (Å²) in [4.78, 5) is 21.2. The van der Waals surface area contributed by atoms with Gasteiger partial charge in [0.2, 0.25) is 5.91 Å². The Balaban J connectivity index is 1.48. The predicted molar refractivity (Wildman–Crippen MR) is 99.0 cm³/mol. The zero-order chi connectivity index (χ0) is 17.5. The third-order valence-electron chi connectivity index (χ3n) is 4.86. The first kappa shape index (κ1) is 17.7. The highest BCUT2D eigenvalue weighted by molar-refractivity contribution is 5.76. The van der Waals surface area contributed by atoms with E-state index in [0.717, 1.165) is 45.6 Å². The quantitative estimate of drug-likeness (QED) is 0.812. The maximum absolute atomic E-state index is 12.6. The van der Waals surface area contributed by atoms with E-state index >= 15 is 0 Å². The van der Waals surface area contributed by atoms with Gasteiger partial charge in [0.05, 0.1) is 6.33 Å². The van der Waals surface area contributed by atoms with Gasteiger partial charge in [-0.05, 0) is 25.3 Å². The fourth-order valence-corrected chi connectivity index (χ4v) is 3.58. The highest BCUT2D eigenvalue weighted by atomic mass is 16.2. The molecule has 0 aliphatic carbocycles. The molecule has 0 radical (unpaired) electrons. The number of hydrogen-bond acceptors (Lipinski definition) is 3. The Bertz CT molecular complexity index is 641. The first-order valence-electron chi connectivity index (χ1n) is 9.24. The van der Waals surface area contributed by atoms with Gasteiger partial charge in [0.1, 0.15) is 0 Å². The van der Waals surface area contributed by atoms with Crippen LogP contribution >= 0.6 is 0 Å². The molecule has 1 aliphatic heterocycles. The standard InChI is InChI=1S/C20H28N4O/c1-18-15-23(16-19-7-3-2-4-8-19)12-6-13-24(18)20(25)9-5-11-22-14-10-21-17-22/h2-4,7-8,10,14,17-18H,5-6,9,11-13,15-16H2,1H3. The molecule has 1 aliphatic rings. The monoisotopic (exact) mass is 340 g/mol. The van der Waals surface area contributed by atoms with Crippen LogP contribution in [0.15, 0.2) is 49.1 Å². The summed E-state index contributed by atoms with van der Waals surface area (Å²) in [6, 6.07) is 10.9. The van der Waals surface area contributed by atoms with Gasteiger partial charge in [0, 0.05) is 57.6 Å². The van der Waals surface area contributed by atoms with Crippen LogP contribution < -0.4 is 0 Å². The van der Waals surface area contributed by atoms with Gasteiger partial charge < -0.3 is 9.47 Å². The molecule has 5 nitrogen and oxygen atoms in total. The lowest BCUT2D eigenvalue weighted by Crippen LogP contribution is -2.42. The van der Waals surface area contributed by atoms with Crippen LogP contribution in [0.3, 0.4) is 0 Å². The number of imidazole rings is 1. The lowest BCUT2D eigenvalue weighted by atomic mass is 10.2. The smallest absolute Gasteiger partial charge is 0.222 e. The molecule has 1 saturated heterocycles. The predicted octanol–water partition coefficient (Wildman–Crippen LogP) is 2.79. The topological polar surface area (TPSA) is 41.4 Å². The summed E-state index contributed by atoms with van der Waals surface area (Å²) in [7, 11) is 0. The molecule has 1 aromatic heterocycles. The molecule has 5 heteroatoms. The summed E-state index contributed by atoms with van der Waals surface area (Å²) in [5, 5.41) is 0. The van der Waals surface area contributed by atoms with Crippen molar-refractivity contribution in [2.45, 2.75) is 45.3 Å². The Hall–Kier alpha value is -2.14. The highest BCUT2D eigenvalue weighted by Crippen LogP contribution is 2.15. The Kier molecular flexibility index (Phi) is 6.23. The van der Waals surface area contributed by atoms with Crippen molar-refractivity contribution in [2.24, 2.45) is 0 Å². The molecular weight excluding hydrogens is 312 g/mol.